The van der Waals surface area contributed by atoms with Gasteiger partial charge < -0.3 is 10.3 Å². The van der Waals surface area contributed by atoms with Crippen LogP contribution in [0.4, 0.5) is 18.9 Å². The number of aromatic nitrogens is 2. The second kappa shape index (κ2) is 8.37. The number of aryl methyl sites for hydroxylation is 2. The van der Waals surface area contributed by atoms with Gasteiger partial charge in [0.2, 0.25) is 5.91 Å². The van der Waals surface area contributed by atoms with Gasteiger partial charge in [0.25, 0.3) is 5.56 Å². The van der Waals surface area contributed by atoms with Crippen LogP contribution in [0.2, 0.25) is 5.02 Å². The lowest BCUT2D eigenvalue weighted by Crippen LogP contribution is -2.19. The van der Waals surface area contributed by atoms with Crippen molar-refractivity contribution in [2.75, 3.05) is 11.1 Å². The molecule has 0 fully saturated rings. The summed E-state index contributed by atoms with van der Waals surface area (Å²) < 4.78 is 39.3. The molecule has 0 aliphatic carbocycles. The van der Waals surface area contributed by atoms with E-state index in [1.807, 2.05) is 13.8 Å². The van der Waals surface area contributed by atoms with Crippen LogP contribution in [0, 0.1) is 13.8 Å². The molecule has 0 radical (unpaired) electrons. The Balaban J connectivity index is 1.67. The van der Waals surface area contributed by atoms with Gasteiger partial charge in [-0.05, 0) is 31.5 Å². The number of nitrogens with one attached hydrogen (secondary N) is 2. The number of fused-ring (bicyclic) bond motifs is 1. The number of alkyl halides is 3. The minimum Gasteiger partial charge on any atom is -0.324 e. The van der Waals surface area contributed by atoms with Crippen LogP contribution in [0.1, 0.15) is 21.8 Å². The van der Waals surface area contributed by atoms with Crippen molar-refractivity contribution in [3.05, 3.63) is 55.4 Å². The second-order valence-electron chi connectivity index (χ2n) is 6.18. The fourth-order valence-corrected chi connectivity index (χ4v) is 4.63. The minimum atomic E-state index is -4.64. The van der Waals surface area contributed by atoms with E-state index in [-0.39, 0.29) is 22.1 Å². The quantitative estimate of drug-likeness (QED) is 0.551. The van der Waals surface area contributed by atoms with Crippen molar-refractivity contribution in [3.63, 3.8) is 0 Å². The fourth-order valence-electron chi connectivity index (χ4n) is 2.67. The zero-order valence-electron chi connectivity index (χ0n) is 15.2. The predicted octanol–water partition coefficient (Wildman–Crippen LogP) is 5.15. The molecule has 0 unspecified atom stereocenters. The van der Waals surface area contributed by atoms with Crippen molar-refractivity contribution in [2.45, 2.75) is 25.8 Å². The molecule has 0 bridgehead atoms. The number of rotatable bonds is 5. The topological polar surface area (TPSA) is 74.8 Å². The molecular weight excluding hydrogens is 447 g/mol. The number of nitrogens with zero attached hydrogens (tertiary/aromatic N) is 1. The van der Waals surface area contributed by atoms with Gasteiger partial charge in [0.1, 0.15) is 10.7 Å². The number of anilines is 1. The predicted molar refractivity (Wildman–Crippen MR) is 111 cm³/mol. The number of carbonyl (C=O) groups excluding carboxylic acids is 1. The summed E-state index contributed by atoms with van der Waals surface area (Å²) in [5.74, 6) is -0.147. The number of halogens is 4. The van der Waals surface area contributed by atoms with Gasteiger partial charge in [-0.15, -0.1) is 23.1 Å². The smallest absolute Gasteiger partial charge is 0.324 e. The highest BCUT2D eigenvalue weighted by Crippen LogP contribution is 2.38. The van der Waals surface area contributed by atoms with Gasteiger partial charge in [-0.2, -0.15) is 13.2 Å². The molecule has 0 saturated heterocycles. The molecule has 0 saturated carbocycles. The number of para-hydroxylation sites is 1. The molecule has 3 aromatic rings. The van der Waals surface area contributed by atoms with Crippen molar-refractivity contribution < 1.29 is 18.0 Å². The van der Waals surface area contributed by atoms with Crippen LogP contribution >= 0.6 is 34.7 Å². The van der Waals surface area contributed by atoms with E-state index in [2.05, 4.69) is 15.3 Å². The fraction of sp³-hybridized carbons (Fsp3) is 0.278. The molecule has 0 aliphatic heterocycles. The standard InChI is InChI=1S/C18H15ClF3N3O2S2/c1-8-9(2)29-17-14(8)16(27)23-12(24-17)6-28-7-13(26)25-15-10(18(20,21)22)4-3-5-11(15)19/h3-5H,6-7H2,1-2H3,(H,25,26)(H,23,24,27). The molecular formula is C18H15ClF3N3O2S2. The Bertz CT molecular complexity index is 1140. The van der Waals surface area contributed by atoms with Crippen molar-refractivity contribution >= 4 is 56.5 Å². The number of thioether (sulfide) groups is 1. The summed E-state index contributed by atoms with van der Waals surface area (Å²) in [5.41, 5.74) is -0.840. The molecule has 1 aromatic carbocycles. The van der Waals surface area contributed by atoms with E-state index >= 15 is 0 Å². The van der Waals surface area contributed by atoms with Gasteiger partial charge in [0, 0.05) is 4.88 Å². The summed E-state index contributed by atoms with van der Waals surface area (Å²) in [5, 5.41) is 2.58. The lowest BCUT2D eigenvalue weighted by molar-refractivity contribution is -0.137. The molecule has 0 atom stereocenters. The van der Waals surface area contributed by atoms with E-state index in [1.165, 1.54) is 23.5 Å². The van der Waals surface area contributed by atoms with Crippen LogP contribution in [0.3, 0.4) is 0 Å². The van der Waals surface area contributed by atoms with Crippen LogP contribution in [-0.2, 0) is 16.7 Å². The van der Waals surface area contributed by atoms with Crippen LogP contribution in [0.15, 0.2) is 23.0 Å². The number of aromatic amines is 1. The molecule has 1 amide bonds. The number of hydrogen-bond acceptors (Lipinski definition) is 5. The molecule has 2 heterocycles. The third-order valence-electron chi connectivity index (χ3n) is 4.14. The van der Waals surface area contributed by atoms with Crippen molar-refractivity contribution in [1.29, 1.82) is 0 Å². The number of H-pyrrole nitrogens is 1. The Hall–Kier alpha value is -2.04. The summed E-state index contributed by atoms with van der Waals surface area (Å²) >= 11 is 8.36. The van der Waals surface area contributed by atoms with Gasteiger partial charge in [-0.25, -0.2) is 4.98 Å². The Kier molecular flexibility index (Phi) is 6.25. The average molecular weight is 462 g/mol. The lowest BCUT2D eigenvalue weighted by Gasteiger charge is -2.15. The summed E-state index contributed by atoms with van der Waals surface area (Å²) in [6.45, 7) is 3.76. The lowest BCUT2D eigenvalue weighted by atomic mass is 10.1. The number of carbonyl (C=O) groups is 1. The van der Waals surface area contributed by atoms with Gasteiger partial charge >= 0.3 is 6.18 Å². The summed E-state index contributed by atoms with van der Waals surface area (Å²) in [4.78, 5) is 33.1. The largest absolute Gasteiger partial charge is 0.418 e. The van der Waals surface area contributed by atoms with Crippen LogP contribution in [-0.4, -0.2) is 21.6 Å². The first-order chi connectivity index (χ1) is 13.6. The molecule has 3 rings (SSSR count). The molecule has 2 N–H and O–H groups in total. The number of hydrogen-bond donors (Lipinski definition) is 2. The van der Waals surface area contributed by atoms with Gasteiger partial charge in [0.05, 0.1) is 33.2 Å². The Morgan fingerprint density at radius 2 is 2.07 bits per heavy atom. The molecule has 2 aromatic heterocycles. The highest BCUT2D eigenvalue weighted by atomic mass is 35.5. The van der Waals surface area contributed by atoms with E-state index in [1.54, 1.807) is 0 Å². The van der Waals surface area contributed by atoms with Crippen molar-refractivity contribution in [2.24, 2.45) is 0 Å². The molecule has 29 heavy (non-hydrogen) atoms. The molecule has 0 spiro atoms. The van der Waals surface area contributed by atoms with Crippen molar-refractivity contribution in [3.8, 4) is 0 Å². The van der Waals surface area contributed by atoms with Crippen molar-refractivity contribution in [1.82, 2.24) is 9.97 Å². The SMILES string of the molecule is Cc1sc2nc(CSCC(=O)Nc3c(Cl)cccc3C(F)(F)F)[nH]c(=O)c2c1C. The summed E-state index contributed by atoms with van der Waals surface area (Å²) in [7, 11) is 0. The molecule has 5 nitrogen and oxygen atoms in total. The third kappa shape index (κ3) is 4.76. The Labute approximate surface area is 176 Å². The maximum absolute atomic E-state index is 13.1. The van der Waals surface area contributed by atoms with E-state index in [0.29, 0.717) is 16.0 Å². The first-order valence-electron chi connectivity index (χ1n) is 8.30. The van der Waals surface area contributed by atoms with E-state index in [4.69, 9.17) is 11.6 Å². The highest BCUT2D eigenvalue weighted by Gasteiger charge is 2.34. The second-order valence-corrected chi connectivity index (χ2v) is 8.77. The van der Waals surface area contributed by atoms with Gasteiger partial charge in [0.15, 0.2) is 0 Å². The zero-order valence-corrected chi connectivity index (χ0v) is 17.6. The number of benzene rings is 1. The zero-order chi connectivity index (χ0) is 21.3. The van der Waals surface area contributed by atoms with Crippen LogP contribution < -0.4 is 10.9 Å². The minimum absolute atomic E-state index is 0.132. The molecule has 0 aliphatic rings. The van der Waals surface area contributed by atoms with Gasteiger partial charge in [-0.1, -0.05) is 17.7 Å². The maximum atomic E-state index is 13.1. The van der Waals surface area contributed by atoms with E-state index in [9.17, 15) is 22.8 Å². The first-order valence-corrected chi connectivity index (χ1v) is 10.6. The van der Waals surface area contributed by atoms with E-state index < -0.39 is 23.3 Å². The average Bonchev–Trinajstić information content (AvgIpc) is 2.90. The summed E-state index contributed by atoms with van der Waals surface area (Å²) in [6.07, 6.45) is -4.64. The first kappa shape index (κ1) is 21.7. The summed E-state index contributed by atoms with van der Waals surface area (Å²) in [6, 6.07) is 3.29. The Morgan fingerprint density at radius 3 is 2.76 bits per heavy atom. The molecule has 154 valence electrons. The van der Waals surface area contributed by atoms with Gasteiger partial charge in [-0.3, -0.25) is 9.59 Å². The van der Waals surface area contributed by atoms with E-state index in [0.717, 1.165) is 28.3 Å². The normalized spacial score (nSPS) is 11.8. The monoisotopic (exact) mass is 461 g/mol. The van der Waals surface area contributed by atoms with Crippen LogP contribution in [0.5, 0.6) is 0 Å². The Morgan fingerprint density at radius 1 is 1.34 bits per heavy atom. The van der Waals surface area contributed by atoms with Crippen LogP contribution in [0.25, 0.3) is 10.2 Å². The highest BCUT2D eigenvalue weighted by molar-refractivity contribution is 7.99. The maximum Gasteiger partial charge on any atom is 0.418 e. The number of thiophene rings is 1. The molecule has 11 heteroatoms. The number of amides is 1. The third-order valence-corrected chi connectivity index (χ3v) is 6.50.